The SMILES string of the molecule is COc1ccc(Cn2cc(C)c3cccnc32)cc1. The second-order valence-corrected chi connectivity index (χ2v) is 4.66. The number of aryl methyl sites for hydroxylation is 1. The van der Waals surface area contributed by atoms with E-state index in [1.54, 1.807) is 7.11 Å². The van der Waals surface area contributed by atoms with Gasteiger partial charge in [0.2, 0.25) is 0 Å². The largest absolute Gasteiger partial charge is 0.497 e. The fourth-order valence-corrected chi connectivity index (χ4v) is 2.35. The maximum Gasteiger partial charge on any atom is 0.140 e. The first-order valence-electron chi connectivity index (χ1n) is 6.31. The maximum absolute atomic E-state index is 5.17. The maximum atomic E-state index is 5.17. The van der Waals surface area contributed by atoms with Gasteiger partial charge in [-0.05, 0) is 42.3 Å². The van der Waals surface area contributed by atoms with Crippen LogP contribution in [0.4, 0.5) is 0 Å². The van der Waals surface area contributed by atoms with Gasteiger partial charge in [0.05, 0.1) is 7.11 Å². The van der Waals surface area contributed by atoms with E-state index in [0.717, 1.165) is 17.9 Å². The van der Waals surface area contributed by atoms with Gasteiger partial charge in [0, 0.05) is 24.3 Å². The number of fused-ring (bicyclic) bond motifs is 1. The molecule has 0 aliphatic rings. The van der Waals surface area contributed by atoms with E-state index in [-0.39, 0.29) is 0 Å². The summed E-state index contributed by atoms with van der Waals surface area (Å²) >= 11 is 0. The van der Waals surface area contributed by atoms with Gasteiger partial charge in [0.15, 0.2) is 0 Å². The topological polar surface area (TPSA) is 27.1 Å². The van der Waals surface area contributed by atoms with Crippen LogP contribution in [0.25, 0.3) is 11.0 Å². The van der Waals surface area contributed by atoms with Crippen molar-refractivity contribution in [3.8, 4) is 5.75 Å². The van der Waals surface area contributed by atoms with Gasteiger partial charge in [-0.15, -0.1) is 0 Å². The highest BCUT2D eigenvalue weighted by atomic mass is 16.5. The molecule has 2 aromatic heterocycles. The Morgan fingerprint density at radius 3 is 2.68 bits per heavy atom. The van der Waals surface area contributed by atoms with Crippen molar-refractivity contribution in [2.45, 2.75) is 13.5 Å². The molecule has 1 aromatic carbocycles. The van der Waals surface area contributed by atoms with Crippen LogP contribution in [0.1, 0.15) is 11.1 Å². The van der Waals surface area contributed by atoms with Crippen molar-refractivity contribution in [3.05, 3.63) is 59.9 Å². The number of nitrogens with zero attached hydrogens (tertiary/aromatic N) is 2. The highest BCUT2D eigenvalue weighted by Crippen LogP contribution is 2.20. The predicted octanol–water partition coefficient (Wildman–Crippen LogP) is 3.40. The molecule has 0 aliphatic heterocycles. The quantitative estimate of drug-likeness (QED) is 0.714. The highest BCUT2D eigenvalue weighted by Gasteiger charge is 2.06. The summed E-state index contributed by atoms with van der Waals surface area (Å²) in [4.78, 5) is 4.47. The smallest absolute Gasteiger partial charge is 0.140 e. The third-order valence-corrected chi connectivity index (χ3v) is 3.35. The summed E-state index contributed by atoms with van der Waals surface area (Å²) in [5, 5.41) is 1.22. The predicted molar refractivity (Wildman–Crippen MR) is 76.6 cm³/mol. The summed E-state index contributed by atoms with van der Waals surface area (Å²) in [7, 11) is 1.68. The van der Waals surface area contributed by atoms with Crippen molar-refractivity contribution in [2.24, 2.45) is 0 Å². The lowest BCUT2D eigenvalue weighted by molar-refractivity contribution is 0.414. The first-order valence-corrected chi connectivity index (χ1v) is 6.31. The van der Waals surface area contributed by atoms with E-state index in [4.69, 9.17) is 4.74 Å². The molecule has 0 saturated carbocycles. The average Bonchev–Trinajstić information content (AvgIpc) is 2.77. The van der Waals surface area contributed by atoms with Gasteiger partial charge in [-0.3, -0.25) is 0 Å². The second kappa shape index (κ2) is 4.76. The molecular formula is C16H16N2O. The van der Waals surface area contributed by atoms with Crippen molar-refractivity contribution in [3.63, 3.8) is 0 Å². The molecule has 0 atom stereocenters. The highest BCUT2D eigenvalue weighted by molar-refractivity contribution is 5.80. The van der Waals surface area contributed by atoms with Crippen LogP contribution < -0.4 is 4.74 Å². The van der Waals surface area contributed by atoms with E-state index in [2.05, 4.69) is 40.9 Å². The van der Waals surface area contributed by atoms with Crippen LogP contribution in [0.5, 0.6) is 5.75 Å². The zero-order chi connectivity index (χ0) is 13.2. The number of hydrogen-bond acceptors (Lipinski definition) is 2. The summed E-state index contributed by atoms with van der Waals surface area (Å²) in [5.74, 6) is 0.885. The van der Waals surface area contributed by atoms with E-state index in [1.807, 2.05) is 24.4 Å². The van der Waals surface area contributed by atoms with E-state index in [1.165, 1.54) is 16.5 Å². The van der Waals surface area contributed by atoms with Crippen LogP contribution in [0.3, 0.4) is 0 Å². The number of pyridine rings is 1. The standard InChI is InChI=1S/C16H16N2O/c1-12-10-18(16-15(12)4-3-9-17-16)11-13-5-7-14(19-2)8-6-13/h3-10H,11H2,1-2H3. The van der Waals surface area contributed by atoms with Crippen molar-refractivity contribution in [1.82, 2.24) is 9.55 Å². The molecule has 0 saturated heterocycles. The van der Waals surface area contributed by atoms with E-state index < -0.39 is 0 Å². The first-order chi connectivity index (χ1) is 9.28. The molecule has 0 bridgehead atoms. The van der Waals surface area contributed by atoms with Gasteiger partial charge in [-0.1, -0.05) is 12.1 Å². The van der Waals surface area contributed by atoms with Crippen LogP contribution >= 0.6 is 0 Å². The zero-order valence-corrected chi connectivity index (χ0v) is 11.1. The Bertz CT molecular complexity index is 698. The van der Waals surface area contributed by atoms with Gasteiger partial charge in [0.25, 0.3) is 0 Å². The molecule has 3 heteroatoms. The summed E-state index contributed by atoms with van der Waals surface area (Å²) in [6.45, 7) is 2.94. The summed E-state index contributed by atoms with van der Waals surface area (Å²) < 4.78 is 7.36. The molecule has 3 rings (SSSR count). The number of aromatic nitrogens is 2. The Labute approximate surface area is 112 Å². The monoisotopic (exact) mass is 252 g/mol. The van der Waals surface area contributed by atoms with Crippen molar-refractivity contribution in [2.75, 3.05) is 7.11 Å². The van der Waals surface area contributed by atoms with Crippen molar-refractivity contribution in [1.29, 1.82) is 0 Å². The van der Waals surface area contributed by atoms with Crippen LogP contribution in [0, 0.1) is 6.92 Å². The average molecular weight is 252 g/mol. The molecule has 3 aromatic rings. The van der Waals surface area contributed by atoms with Crippen molar-refractivity contribution < 1.29 is 4.74 Å². The Balaban J connectivity index is 1.96. The molecule has 3 nitrogen and oxygen atoms in total. The molecule has 0 amide bonds. The van der Waals surface area contributed by atoms with Crippen LogP contribution in [0.15, 0.2) is 48.8 Å². The van der Waals surface area contributed by atoms with Crippen molar-refractivity contribution >= 4 is 11.0 Å². The number of methoxy groups -OCH3 is 1. The van der Waals surface area contributed by atoms with Crippen LogP contribution in [-0.2, 0) is 6.54 Å². The number of ether oxygens (including phenoxy) is 1. The van der Waals surface area contributed by atoms with Gasteiger partial charge in [0.1, 0.15) is 11.4 Å². The van der Waals surface area contributed by atoms with E-state index >= 15 is 0 Å². The Morgan fingerprint density at radius 1 is 1.16 bits per heavy atom. The second-order valence-electron chi connectivity index (χ2n) is 4.66. The molecule has 0 fully saturated rings. The number of hydrogen-bond donors (Lipinski definition) is 0. The lowest BCUT2D eigenvalue weighted by Gasteiger charge is -2.06. The number of rotatable bonds is 3. The van der Waals surface area contributed by atoms with Gasteiger partial charge in [-0.25, -0.2) is 4.98 Å². The summed E-state index contributed by atoms with van der Waals surface area (Å²) in [6, 6.07) is 12.2. The minimum absolute atomic E-state index is 0.825. The minimum atomic E-state index is 0.825. The Kier molecular flexibility index (Phi) is 2.95. The normalized spacial score (nSPS) is 10.8. The van der Waals surface area contributed by atoms with Crippen LogP contribution in [0.2, 0.25) is 0 Å². The van der Waals surface area contributed by atoms with Gasteiger partial charge in [-0.2, -0.15) is 0 Å². The third-order valence-electron chi connectivity index (χ3n) is 3.35. The molecule has 2 heterocycles. The van der Waals surface area contributed by atoms with E-state index in [9.17, 15) is 0 Å². The molecule has 19 heavy (non-hydrogen) atoms. The molecule has 0 aliphatic carbocycles. The van der Waals surface area contributed by atoms with Gasteiger partial charge >= 0.3 is 0 Å². The fourth-order valence-electron chi connectivity index (χ4n) is 2.35. The lowest BCUT2D eigenvalue weighted by atomic mass is 10.2. The number of benzene rings is 1. The minimum Gasteiger partial charge on any atom is -0.497 e. The molecular weight excluding hydrogens is 236 g/mol. The van der Waals surface area contributed by atoms with E-state index in [0.29, 0.717) is 0 Å². The van der Waals surface area contributed by atoms with Crippen LogP contribution in [-0.4, -0.2) is 16.7 Å². The van der Waals surface area contributed by atoms with Gasteiger partial charge < -0.3 is 9.30 Å². The zero-order valence-electron chi connectivity index (χ0n) is 11.1. The summed E-state index contributed by atoms with van der Waals surface area (Å²) in [5.41, 5.74) is 3.54. The lowest BCUT2D eigenvalue weighted by Crippen LogP contribution is -1.99. The fraction of sp³-hybridized carbons (Fsp3) is 0.188. The Morgan fingerprint density at radius 2 is 1.95 bits per heavy atom. The molecule has 96 valence electrons. The molecule has 0 N–H and O–H groups in total. The molecule has 0 radical (unpaired) electrons. The molecule has 0 unspecified atom stereocenters. The first kappa shape index (κ1) is 11.8. The third kappa shape index (κ3) is 2.19. The molecule has 0 spiro atoms. The summed E-state index contributed by atoms with van der Waals surface area (Å²) in [6.07, 6.45) is 3.99. The Hall–Kier alpha value is -2.29.